The molecule has 0 spiro atoms. The van der Waals surface area contributed by atoms with Crippen LogP contribution in [0, 0.1) is 0 Å². The van der Waals surface area contributed by atoms with Crippen molar-refractivity contribution in [2.45, 2.75) is 267 Å². The van der Waals surface area contributed by atoms with Crippen LogP contribution in [0.15, 0.2) is 0 Å². The van der Waals surface area contributed by atoms with E-state index < -0.39 is 253 Å². The molecule has 568 valence electrons. The van der Waals surface area contributed by atoms with Crippen molar-refractivity contribution < 1.29 is 144 Å². The minimum atomic E-state index is -2.19. The Morgan fingerprint density at radius 1 is 0.182 bits per heavy atom. The Morgan fingerprint density at radius 3 is 0.354 bits per heavy atom. The monoisotopic (exact) mass is 1430 g/mol. The summed E-state index contributed by atoms with van der Waals surface area (Å²) >= 11 is 0. The molecule has 0 saturated heterocycles. The predicted octanol–water partition coefficient (Wildman–Crippen LogP) is -16.0. The molecule has 0 aliphatic rings. The van der Waals surface area contributed by atoms with Gasteiger partial charge < -0.3 is 151 Å². The summed E-state index contributed by atoms with van der Waals surface area (Å²) in [6.07, 6.45) is -25.6. The van der Waals surface area contributed by atoms with Gasteiger partial charge in [-0.3, -0.25) is 62.3 Å². The van der Waals surface area contributed by atoms with Crippen LogP contribution >= 0.6 is 0 Å². The molecule has 0 fully saturated rings. The van der Waals surface area contributed by atoms with E-state index in [0.29, 0.717) is 0 Å². The standard InChI is InChI=1S/C56H100N14O29/c1-15(71)29(57)43(85)58-30(16(2)72)44(86)59-31(17(3)73)45(87)60-32(18(4)74)46(88)61-33(19(5)75)47(89)62-34(20(6)76)48(90)63-35(21(7)77)49(91)64-36(22(8)78)50(92)65-37(23(9)79)51(93)66-38(24(10)80)52(94)67-39(25(11)81)53(95)68-40(26(12)82)54(96)69-41(27(13)83)55(97)70-42(28(14)84)56(98)99/h15-42,71-84H,57H2,1-14H3,(H,58,85)(H,59,86)(H,60,87)(H,61,88)(H,62,89)(H,63,90)(H,64,91)(H,65,92)(H,66,93)(H,67,94)(H,68,95)(H,69,96)(H,70,97)(H,98,99). The molecule has 0 aliphatic carbocycles. The van der Waals surface area contributed by atoms with Gasteiger partial charge in [-0.25, -0.2) is 4.79 Å². The number of aliphatic hydroxyl groups excluding tert-OH is 14. The van der Waals surface area contributed by atoms with Crippen molar-refractivity contribution in [1.82, 2.24) is 69.1 Å². The van der Waals surface area contributed by atoms with Crippen LogP contribution in [0.3, 0.4) is 0 Å². The van der Waals surface area contributed by atoms with Gasteiger partial charge in [0.15, 0.2) is 6.04 Å². The van der Waals surface area contributed by atoms with Gasteiger partial charge in [0.25, 0.3) is 0 Å². The van der Waals surface area contributed by atoms with Crippen molar-refractivity contribution in [3.8, 4) is 0 Å². The number of aliphatic hydroxyl groups is 14. The molecule has 43 heteroatoms. The molecule has 0 aromatic rings. The molecule has 0 bridgehead atoms. The Labute approximate surface area is 566 Å². The number of nitrogens with two attached hydrogens (primary N) is 1. The van der Waals surface area contributed by atoms with E-state index in [4.69, 9.17) is 5.73 Å². The molecule has 13 amide bonds. The molecule has 30 N–H and O–H groups in total. The summed E-state index contributed by atoms with van der Waals surface area (Å²) in [6.45, 7) is 13.6. The number of carboxylic acids is 1. The molecule has 0 rings (SSSR count). The van der Waals surface area contributed by atoms with Crippen LogP contribution in [-0.4, -0.2) is 329 Å². The Morgan fingerprint density at radius 2 is 0.273 bits per heavy atom. The molecule has 0 aliphatic heterocycles. The second-order valence-corrected chi connectivity index (χ2v) is 24.1. The van der Waals surface area contributed by atoms with Crippen LogP contribution in [0.5, 0.6) is 0 Å². The quantitative estimate of drug-likeness (QED) is 0.0270. The van der Waals surface area contributed by atoms with Crippen LogP contribution in [0.2, 0.25) is 0 Å². The Bertz CT molecular complexity index is 2770. The highest BCUT2D eigenvalue weighted by Crippen LogP contribution is 2.10. The predicted molar refractivity (Wildman–Crippen MR) is 334 cm³/mol. The van der Waals surface area contributed by atoms with E-state index in [2.05, 4.69) is 10.6 Å². The number of aliphatic carboxylic acids is 1. The number of rotatable bonds is 41. The fourth-order valence-corrected chi connectivity index (χ4v) is 8.64. The Kier molecular flexibility index (Phi) is 38.2. The molecule has 99 heavy (non-hydrogen) atoms. The second-order valence-electron chi connectivity index (χ2n) is 24.1. The number of hydrogen-bond acceptors (Lipinski definition) is 29. The van der Waals surface area contributed by atoms with Gasteiger partial charge in [0.2, 0.25) is 76.8 Å². The lowest BCUT2D eigenvalue weighted by atomic mass is 10.0. The van der Waals surface area contributed by atoms with Gasteiger partial charge >= 0.3 is 5.97 Å². The van der Waals surface area contributed by atoms with E-state index in [1.807, 2.05) is 58.5 Å². The first-order chi connectivity index (χ1) is 45.4. The first-order valence-electron chi connectivity index (χ1n) is 30.8. The Hall–Kier alpha value is -8.02. The summed E-state index contributed by atoms with van der Waals surface area (Å²) < 4.78 is 0. The fourth-order valence-electron chi connectivity index (χ4n) is 8.64. The molecule has 0 aromatic carbocycles. The van der Waals surface area contributed by atoms with Crippen molar-refractivity contribution in [3.63, 3.8) is 0 Å². The maximum Gasteiger partial charge on any atom is 0.328 e. The molecule has 0 saturated carbocycles. The van der Waals surface area contributed by atoms with Crippen molar-refractivity contribution in [3.05, 3.63) is 0 Å². The van der Waals surface area contributed by atoms with E-state index >= 15 is 0 Å². The van der Waals surface area contributed by atoms with E-state index in [1.165, 1.54) is 0 Å². The zero-order valence-corrected chi connectivity index (χ0v) is 56.7. The maximum absolute atomic E-state index is 13.8. The first kappa shape index (κ1) is 91.0. The zero-order chi connectivity index (χ0) is 77.4. The normalized spacial score (nSPS) is 20.1. The molecular weight excluding hydrogens is 1330 g/mol. The van der Waals surface area contributed by atoms with Gasteiger partial charge in [-0.05, 0) is 96.9 Å². The molecule has 0 radical (unpaired) electrons. The van der Waals surface area contributed by atoms with Gasteiger partial charge in [-0.1, -0.05) is 0 Å². The lowest BCUT2D eigenvalue weighted by Crippen LogP contribution is -2.66. The van der Waals surface area contributed by atoms with Crippen molar-refractivity contribution in [2.75, 3.05) is 0 Å². The van der Waals surface area contributed by atoms with Gasteiger partial charge in [-0.2, -0.15) is 0 Å². The minimum Gasteiger partial charge on any atom is -0.480 e. The zero-order valence-electron chi connectivity index (χ0n) is 56.7. The number of nitrogens with one attached hydrogen (secondary N) is 13. The van der Waals surface area contributed by atoms with E-state index in [-0.39, 0.29) is 0 Å². The summed E-state index contributed by atoms with van der Waals surface area (Å²) in [7, 11) is 0. The Balaban J connectivity index is 6.58. The number of carbonyl (C=O) groups excluding carboxylic acids is 13. The smallest absolute Gasteiger partial charge is 0.328 e. The second kappa shape index (κ2) is 41.5. The SMILES string of the molecule is CC(O)C(N)C(=O)NC(C(=O)NC(C(=O)NC(C(=O)NC(C(=O)NC(C(=O)NC(C(=O)NC(C(=O)NC(C(=O)NC(C(=O)NC(C(=O)NC(C(=O)NC(C(=O)NC(C(=O)O)C(C)O)C(C)O)C(C)O)C(C)O)C(C)O)C(C)O)C(C)O)C(C)O)C(C)O)C(C)O)C(C)O)C(C)O)C(C)O. The van der Waals surface area contributed by atoms with Gasteiger partial charge in [0.1, 0.15) is 78.5 Å². The summed E-state index contributed by atoms with van der Waals surface area (Å²) in [6, 6.07) is -28.6. The van der Waals surface area contributed by atoms with Gasteiger partial charge in [0.05, 0.1) is 85.5 Å². The highest BCUT2D eigenvalue weighted by Gasteiger charge is 2.43. The third kappa shape index (κ3) is 28.6. The first-order valence-corrected chi connectivity index (χ1v) is 30.8. The lowest BCUT2D eigenvalue weighted by Gasteiger charge is -2.31. The number of carboxylic acid groups (broad SMARTS) is 1. The van der Waals surface area contributed by atoms with Crippen molar-refractivity contribution in [1.29, 1.82) is 0 Å². The van der Waals surface area contributed by atoms with Gasteiger partial charge in [0, 0.05) is 0 Å². The average Bonchev–Trinajstić information content (AvgIpc) is 0.873. The van der Waals surface area contributed by atoms with Crippen molar-refractivity contribution >= 4 is 82.8 Å². The number of hydrogen-bond donors (Lipinski definition) is 29. The molecular formula is C56H100N14O29. The average molecular weight is 1430 g/mol. The van der Waals surface area contributed by atoms with E-state index in [9.17, 15) is 144 Å². The van der Waals surface area contributed by atoms with Crippen molar-refractivity contribution in [2.24, 2.45) is 5.73 Å². The van der Waals surface area contributed by atoms with Crippen LogP contribution < -0.4 is 74.9 Å². The highest BCUT2D eigenvalue weighted by molar-refractivity contribution is 6.01. The molecule has 0 aromatic heterocycles. The fraction of sp³-hybridized carbons (Fsp3) is 0.750. The molecule has 43 nitrogen and oxygen atoms in total. The summed E-state index contributed by atoms with van der Waals surface area (Å²) in [4.78, 5) is 187. The van der Waals surface area contributed by atoms with E-state index in [1.54, 1.807) is 0 Å². The van der Waals surface area contributed by atoms with Crippen LogP contribution in [0.25, 0.3) is 0 Å². The third-order valence-corrected chi connectivity index (χ3v) is 14.6. The number of amides is 13. The van der Waals surface area contributed by atoms with Crippen LogP contribution in [-0.2, 0) is 67.1 Å². The summed E-state index contributed by atoms with van der Waals surface area (Å²) in [5, 5.41) is 182. The summed E-state index contributed by atoms with van der Waals surface area (Å²) in [5.41, 5.74) is 5.59. The maximum atomic E-state index is 13.8. The lowest BCUT2D eigenvalue weighted by molar-refractivity contribution is -0.146. The van der Waals surface area contributed by atoms with Crippen LogP contribution in [0.4, 0.5) is 0 Å². The topological polar surface area (TPSA) is 725 Å². The highest BCUT2D eigenvalue weighted by atomic mass is 16.4. The third-order valence-electron chi connectivity index (χ3n) is 14.6. The molecule has 28 atom stereocenters. The molecule has 0 heterocycles. The van der Waals surface area contributed by atoms with Crippen LogP contribution in [0.1, 0.15) is 96.9 Å². The number of carbonyl (C=O) groups is 14. The minimum absolute atomic E-state index is 0.916. The molecule has 28 unspecified atom stereocenters. The van der Waals surface area contributed by atoms with Gasteiger partial charge in [-0.15, -0.1) is 0 Å². The van der Waals surface area contributed by atoms with E-state index in [0.717, 1.165) is 96.9 Å². The summed E-state index contributed by atoms with van der Waals surface area (Å²) in [5.74, 6) is -20.0. The largest absolute Gasteiger partial charge is 0.480 e.